The van der Waals surface area contributed by atoms with Crippen LogP contribution in [0.1, 0.15) is 23.3 Å². The van der Waals surface area contributed by atoms with E-state index in [-0.39, 0.29) is 5.91 Å². The van der Waals surface area contributed by atoms with Crippen molar-refractivity contribution in [3.05, 3.63) is 42.2 Å². The topological polar surface area (TPSA) is 64.6 Å². The molecular weight excluding hydrogens is 340 g/mol. The lowest BCUT2D eigenvalue weighted by molar-refractivity contribution is 0.102. The summed E-state index contributed by atoms with van der Waals surface area (Å²) in [7, 11) is 2.15. The van der Waals surface area contributed by atoms with Crippen LogP contribution in [0.15, 0.2) is 36.5 Å². The third kappa shape index (κ3) is 4.19. The highest BCUT2D eigenvalue weighted by molar-refractivity contribution is 6.03. The summed E-state index contributed by atoms with van der Waals surface area (Å²) in [5.74, 6) is 0.441. The van der Waals surface area contributed by atoms with Crippen molar-refractivity contribution in [2.24, 2.45) is 0 Å². The smallest absolute Gasteiger partial charge is 0.274 e. The fourth-order valence-corrected chi connectivity index (χ4v) is 3.56. The Morgan fingerprint density at radius 3 is 2.33 bits per heavy atom. The molecule has 2 fully saturated rings. The van der Waals surface area contributed by atoms with Crippen molar-refractivity contribution in [1.29, 1.82) is 0 Å². The molecular formula is C20H26N6O. The van der Waals surface area contributed by atoms with Gasteiger partial charge in [-0.25, -0.2) is 9.97 Å². The van der Waals surface area contributed by atoms with E-state index in [1.54, 1.807) is 12.3 Å². The van der Waals surface area contributed by atoms with Crippen LogP contribution in [0.3, 0.4) is 0 Å². The Bertz CT molecular complexity index is 779. The lowest BCUT2D eigenvalue weighted by Crippen LogP contribution is -2.44. The second-order valence-electron chi connectivity index (χ2n) is 7.23. The van der Waals surface area contributed by atoms with Crippen LogP contribution in [0.25, 0.3) is 0 Å². The minimum Gasteiger partial charge on any atom is -0.369 e. The molecule has 2 aliphatic rings. The molecule has 142 valence electrons. The number of carbonyl (C=O) groups is 1. The molecule has 1 aromatic heterocycles. The van der Waals surface area contributed by atoms with Gasteiger partial charge in [-0.1, -0.05) is 0 Å². The Hall–Kier alpha value is -2.67. The largest absolute Gasteiger partial charge is 0.369 e. The first-order valence-corrected chi connectivity index (χ1v) is 9.62. The molecule has 0 saturated carbocycles. The van der Waals surface area contributed by atoms with Gasteiger partial charge >= 0.3 is 0 Å². The number of benzene rings is 1. The molecule has 2 aliphatic heterocycles. The van der Waals surface area contributed by atoms with Crippen molar-refractivity contribution in [3.63, 3.8) is 0 Å². The summed E-state index contributed by atoms with van der Waals surface area (Å²) in [5.41, 5.74) is 2.37. The van der Waals surface area contributed by atoms with E-state index in [0.717, 1.165) is 57.8 Å². The molecule has 0 aliphatic carbocycles. The van der Waals surface area contributed by atoms with Crippen LogP contribution >= 0.6 is 0 Å². The number of carbonyl (C=O) groups excluding carboxylic acids is 1. The molecule has 0 radical (unpaired) electrons. The molecule has 1 N–H and O–H groups in total. The summed E-state index contributed by atoms with van der Waals surface area (Å²) < 4.78 is 0. The number of aromatic nitrogens is 2. The average Bonchev–Trinajstić information content (AvgIpc) is 3.24. The van der Waals surface area contributed by atoms with E-state index in [2.05, 4.69) is 49.2 Å². The van der Waals surface area contributed by atoms with E-state index in [9.17, 15) is 4.79 Å². The van der Waals surface area contributed by atoms with Crippen LogP contribution in [-0.4, -0.2) is 67.1 Å². The summed E-state index contributed by atoms with van der Waals surface area (Å²) in [6, 6.07) is 9.70. The highest BCUT2D eigenvalue weighted by Crippen LogP contribution is 2.20. The fourth-order valence-electron chi connectivity index (χ4n) is 3.56. The highest BCUT2D eigenvalue weighted by atomic mass is 16.1. The maximum absolute atomic E-state index is 12.6. The average molecular weight is 366 g/mol. The molecule has 3 heterocycles. The Labute approximate surface area is 160 Å². The molecule has 1 aromatic carbocycles. The number of nitrogens with zero attached hydrogens (tertiary/aromatic N) is 5. The molecule has 0 spiro atoms. The van der Waals surface area contributed by atoms with Gasteiger partial charge in [-0.3, -0.25) is 4.79 Å². The maximum atomic E-state index is 12.6. The fraction of sp³-hybridized carbons (Fsp3) is 0.450. The van der Waals surface area contributed by atoms with Crippen LogP contribution in [0.5, 0.6) is 0 Å². The van der Waals surface area contributed by atoms with Gasteiger partial charge < -0.3 is 20.0 Å². The molecule has 0 atom stereocenters. The van der Waals surface area contributed by atoms with Gasteiger partial charge in [0.1, 0.15) is 5.69 Å². The van der Waals surface area contributed by atoms with Crippen molar-refractivity contribution in [2.45, 2.75) is 12.8 Å². The number of nitrogens with one attached hydrogen (secondary N) is 1. The maximum Gasteiger partial charge on any atom is 0.274 e. The minimum absolute atomic E-state index is 0.204. The summed E-state index contributed by atoms with van der Waals surface area (Å²) in [6.07, 6.45) is 3.96. The normalized spacial score (nSPS) is 18.0. The summed E-state index contributed by atoms with van der Waals surface area (Å²) in [5, 5.41) is 2.94. The third-order valence-corrected chi connectivity index (χ3v) is 5.26. The van der Waals surface area contributed by atoms with Crippen molar-refractivity contribution >= 4 is 23.2 Å². The number of amides is 1. The van der Waals surface area contributed by atoms with E-state index in [1.807, 2.05) is 12.1 Å². The third-order valence-electron chi connectivity index (χ3n) is 5.26. The molecule has 4 rings (SSSR count). The number of piperazine rings is 1. The molecule has 2 saturated heterocycles. The number of rotatable bonds is 4. The van der Waals surface area contributed by atoms with Gasteiger partial charge in [0.25, 0.3) is 5.91 Å². The van der Waals surface area contributed by atoms with Crippen LogP contribution < -0.4 is 15.1 Å². The Morgan fingerprint density at radius 2 is 1.63 bits per heavy atom. The van der Waals surface area contributed by atoms with Crippen molar-refractivity contribution in [1.82, 2.24) is 14.9 Å². The first kappa shape index (κ1) is 17.7. The van der Waals surface area contributed by atoms with E-state index in [0.29, 0.717) is 11.6 Å². The van der Waals surface area contributed by atoms with Gasteiger partial charge in [-0.2, -0.15) is 0 Å². The molecule has 0 unspecified atom stereocenters. The van der Waals surface area contributed by atoms with Gasteiger partial charge in [-0.05, 0) is 50.2 Å². The van der Waals surface area contributed by atoms with E-state index >= 15 is 0 Å². The molecule has 7 heteroatoms. The Balaban J connectivity index is 1.40. The standard InChI is InChI=1S/C20H26N6O/c1-24-12-14-25(15-13-24)17-6-4-16(5-7-17)22-19(27)18-8-9-21-20(23-18)26-10-2-3-11-26/h4-9H,2-3,10-15H2,1H3,(H,22,27). The number of hydrogen-bond donors (Lipinski definition) is 1. The first-order valence-electron chi connectivity index (χ1n) is 9.62. The highest BCUT2D eigenvalue weighted by Gasteiger charge is 2.17. The second-order valence-corrected chi connectivity index (χ2v) is 7.23. The first-order chi connectivity index (χ1) is 13.2. The lowest BCUT2D eigenvalue weighted by atomic mass is 10.2. The second kappa shape index (κ2) is 7.92. The van der Waals surface area contributed by atoms with Gasteiger partial charge in [0.15, 0.2) is 0 Å². The molecule has 1 amide bonds. The zero-order valence-corrected chi connectivity index (χ0v) is 15.8. The predicted molar refractivity (Wildman–Crippen MR) is 108 cm³/mol. The summed E-state index contributed by atoms with van der Waals surface area (Å²) >= 11 is 0. The van der Waals surface area contributed by atoms with Crippen molar-refractivity contribution in [3.8, 4) is 0 Å². The van der Waals surface area contributed by atoms with E-state index in [1.165, 1.54) is 5.69 Å². The number of anilines is 3. The summed E-state index contributed by atoms with van der Waals surface area (Å²) in [4.78, 5) is 28.1. The zero-order valence-electron chi connectivity index (χ0n) is 15.8. The number of hydrogen-bond acceptors (Lipinski definition) is 6. The van der Waals surface area contributed by atoms with Gasteiger partial charge in [-0.15, -0.1) is 0 Å². The van der Waals surface area contributed by atoms with Crippen LogP contribution in [0.2, 0.25) is 0 Å². The number of likely N-dealkylation sites (N-methyl/N-ethyl adjacent to an activating group) is 1. The zero-order chi connectivity index (χ0) is 18.6. The predicted octanol–water partition coefficient (Wildman–Crippen LogP) is 2.08. The lowest BCUT2D eigenvalue weighted by Gasteiger charge is -2.34. The monoisotopic (exact) mass is 366 g/mol. The van der Waals surface area contributed by atoms with Crippen LogP contribution in [0, 0.1) is 0 Å². The molecule has 0 bridgehead atoms. The van der Waals surface area contributed by atoms with Gasteiger partial charge in [0.05, 0.1) is 0 Å². The molecule has 7 nitrogen and oxygen atoms in total. The Morgan fingerprint density at radius 1 is 0.926 bits per heavy atom. The Kier molecular flexibility index (Phi) is 5.20. The quantitative estimate of drug-likeness (QED) is 0.894. The van der Waals surface area contributed by atoms with Crippen molar-refractivity contribution < 1.29 is 4.79 Å². The summed E-state index contributed by atoms with van der Waals surface area (Å²) in [6.45, 7) is 6.12. The minimum atomic E-state index is -0.204. The van der Waals surface area contributed by atoms with Crippen molar-refractivity contribution in [2.75, 3.05) is 61.4 Å². The van der Waals surface area contributed by atoms with E-state index in [4.69, 9.17) is 0 Å². The van der Waals surface area contributed by atoms with Gasteiger partial charge in [0, 0.05) is 56.8 Å². The van der Waals surface area contributed by atoms with Crippen LogP contribution in [0.4, 0.5) is 17.3 Å². The molecule has 2 aromatic rings. The SMILES string of the molecule is CN1CCN(c2ccc(NC(=O)c3ccnc(N4CCCC4)n3)cc2)CC1. The van der Waals surface area contributed by atoms with Crippen LogP contribution in [-0.2, 0) is 0 Å². The molecule has 27 heavy (non-hydrogen) atoms. The van der Waals surface area contributed by atoms with E-state index < -0.39 is 0 Å². The van der Waals surface area contributed by atoms with Gasteiger partial charge in [0.2, 0.25) is 5.95 Å².